The van der Waals surface area contributed by atoms with Crippen LogP contribution in [0.2, 0.25) is 0 Å². The summed E-state index contributed by atoms with van der Waals surface area (Å²) in [7, 11) is 2.15. The van der Waals surface area contributed by atoms with E-state index in [-0.39, 0.29) is 0 Å². The molecule has 0 spiro atoms. The molecule has 92 valence electrons. The fourth-order valence-corrected chi connectivity index (χ4v) is 1.56. The molecule has 0 aliphatic heterocycles. The lowest BCUT2D eigenvalue weighted by atomic mass is 10.2. The Morgan fingerprint density at radius 3 is 2.81 bits per heavy atom. The van der Waals surface area contributed by atoms with Crippen LogP contribution in [0.5, 0.6) is 0 Å². The molecule has 1 aromatic heterocycles. The summed E-state index contributed by atoms with van der Waals surface area (Å²) in [5.74, 6) is 0. The Kier molecular flexibility index (Phi) is 6.03. The van der Waals surface area contributed by atoms with Gasteiger partial charge in [0.2, 0.25) is 0 Å². The van der Waals surface area contributed by atoms with E-state index in [9.17, 15) is 0 Å². The zero-order valence-corrected chi connectivity index (χ0v) is 10.4. The van der Waals surface area contributed by atoms with Gasteiger partial charge < -0.3 is 10.6 Å². The summed E-state index contributed by atoms with van der Waals surface area (Å²) in [6, 6.07) is 0. The number of rotatable bonds is 8. The average Bonchev–Trinajstić information content (AvgIpc) is 2.74. The monoisotopic (exact) mass is 225 g/mol. The first-order chi connectivity index (χ1) is 7.76. The molecule has 0 aliphatic rings. The fourth-order valence-electron chi connectivity index (χ4n) is 1.56. The van der Waals surface area contributed by atoms with Gasteiger partial charge in [0.05, 0.1) is 12.2 Å². The summed E-state index contributed by atoms with van der Waals surface area (Å²) in [5, 5.41) is 7.97. The lowest BCUT2D eigenvalue weighted by Gasteiger charge is -2.15. The van der Waals surface area contributed by atoms with E-state index in [2.05, 4.69) is 29.2 Å². The van der Waals surface area contributed by atoms with Crippen molar-refractivity contribution in [2.24, 2.45) is 5.73 Å². The number of hydrogen-bond donors (Lipinski definition) is 1. The summed E-state index contributed by atoms with van der Waals surface area (Å²) in [5.41, 5.74) is 6.33. The average molecular weight is 225 g/mol. The molecule has 5 heteroatoms. The van der Waals surface area contributed by atoms with Crippen molar-refractivity contribution in [1.29, 1.82) is 0 Å². The number of unbranched alkanes of at least 4 members (excludes halogenated alkanes) is 2. The Morgan fingerprint density at radius 1 is 1.38 bits per heavy atom. The van der Waals surface area contributed by atoms with E-state index in [0.717, 1.165) is 25.3 Å². The van der Waals surface area contributed by atoms with Crippen molar-refractivity contribution in [2.45, 2.75) is 39.3 Å². The third-order valence-corrected chi connectivity index (χ3v) is 2.65. The minimum Gasteiger partial charge on any atom is -0.325 e. The van der Waals surface area contributed by atoms with Crippen molar-refractivity contribution in [3.8, 4) is 0 Å². The largest absolute Gasteiger partial charge is 0.325 e. The molecule has 0 bridgehead atoms. The number of likely N-dealkylation sites (N-methyl/N-ethyl adjacent to an activating group) is 1. The van der Waals surface area contributed by atoms with Gasteiger partial charge in [0.1, 0.15) is 0 Å². The maximum atomic E-state index is 5.47. The maximum Gasteiger partial charge on any atom is 0.0962 e. The summed E-state index contributed by atoms with van der Waals surface area (Å²) >= 11 is 0. The summed E-state index contributed by atoms with van der Waals surface area (Å²) in [6.45, 7) is 5.75. The van der Waals surface area contributed by atoms with Gasteiger partial charge in [-0.1, -0.05) is 25.0 Å². The van der Waals surface area contributed by atoms with Crippen LogP contribution in [0.1, 0.15) is 31.9 Å². The van der Waals surface area contributed by atoms with E-state index in [1.807, 2.05) is 10.9 Å². The van der Waals surface area contributed by atoms with Crippen molar-refractivity contribution in [1.82, 2.24) is 19.9 Å². The van der Waals surface area contributed by atoms with Gasteiger partial charge in [-0.05, 0) is 20.0 Å². The van der Waals surface area contributed by atoms with Crippen LogP contribution in [0.3, 0.4) is 0 Å². The predicted molar refractivity (Wildman–Crippen MR) is 64.9 cm³/mol. The minimum absolute atomic E-state index is 0.465. The topological polar surface area (TPSA) is 60.0 Å². The highest BCUT2D eigenvalue weighted by atomic mass is 15.4. The minimum atomic E-state index is 0.465. The van der Waals surface area contributed by atoms with Crippen LogP contribution >= 0.6 is 0 Å². The summed E-state index contributed by atoms with van der Waals surface area (Å²) in [4.78, 5) is 2.33. The van der Waals surface area contributed by atoms with E-state index in [1.54, 1.807) is 0 Å². The quantitative estimate of drug-likeness (QED) is 0.667. The van der Waals surface area contributed by atoms with Gasteiger partial charge in [-0.2, -0.15) is 0 Å². The Hall–Kier alpha value is -0.940. The molecule has 2 N–H and O–H groups in total. The predicted octanol–water partition coefficient (Wildman–Crippen LogP) is 0.859. The molecule has 0 aromatic carbocycles. The molecular formula is C11H23N5. The normalized spacial score (nSPS) is 11.2. The molecule has 0 fully saturated rings. The smallest absolute Gasteiger partial charge is 0.0962 e. The fraction of sp³-hybridized carbons (Fsp3) is 0.818. The van der Waals surface area contributed by atoms with E-state index in [4.69, 9.17) is 5.73 Å². The zero-order chi connectivity index (χ0) is 11.8. The highest BCUT2D eigenvalue weighted by Gasteiger charge is 2.01. The molecule has 1 aromatic rings. The van der Waals surface area contributed by atoms with Crippen LogP contribution in [0, 0.1) is 0 Å². The molecule has 0 saturated heterocycles. The number of nitrogens with two attached hydrogens (primary N) is 1. The maximum absolute atomic E-state index is 5.47. The van der Waals surface area contributed by atoms with E-state index >= 15 is 0 Å². The first-order valence-electron chi connectivity index (χ1n) is 6.04. The van der Waals surface area contributed by atoms with Crippen LogP contribution in [0.4, 0.5) is 0 Å². The third kappa shape index (κ3) is 4.72. The summed E-state index contributed by atoms with van der Waals surface area (Å²) in [6.07, 6.45) is 5.78. The molecule has 0 amide bonds. The van der Waals surface area contributed by atoms with Gasteiger partial charge in [0.15, 0.2) is 0 Å². The summed E-state index contributed by atoms with van der Waals surface area (Å²) < 4.78 is 1.86. The molecule has 0 radical (unpaired) electrons. The van der Waals surface area contributed by atoms with Gasteiger partial charge >= 0.3 is 0 Å². The third-order valence-electron chi connectivity index (χ3n) is 2.65. The standard InChI is InChI=1S/C11H23N5/c1-3-4-5-6-15(2)7-8-16-10-11(9-12)13-14-16/h10H,3-9,12H2,1-2H3. The van der Waals surface area contributed by atoms with Crippen LogP contribution in [-0.2, 0) is 13.1 Å². The van der Waals surface area contributed by atoms with Crippen molar-refractivity contribution in [3.63, 3.8) is 0 Å². The number of nitrogens with zero attached hydrogens (tertiary/aromatic N) is 4. The molecule has 5 nitrogen and oxygen atoms in total. The van der Waals surface area contributed by atoms with E-state index in [1.165, 1.54) is 19.3 Å². The number of hydrogen-bond acceptors (Lipinski definition) is 4. The van der Waals surface area contributed by atoms with Crippen molar-refractivity contribution in [2.75, 3.05) is 20.1 Å². The molecule has 16 heavy (non-hydrogen) atoms. The number of aromatic nitrogens is 3. The molecule has 0 unspecified atom stereocenters. The molecular weight excluding hydrogens is 202 g/mol. The lowest BCUT2D eigenvalue weighted by molar-refractivity contribution is 0.304. The van der Waals surface area contributed by atoms with Gasteiger partial charge in [-0.15, -0.1) is 5.10 Å². The van der Waals surface area contributed by atoms with Gasteiger partial charge in [0, 0.05) is 19.3 Å². The molecule has 0 saturated carbocycles. The Labute approximate surface area is 97.6 Å². The van der Waals surface area contributed by atoms with Gasteiger partial charge in [-0.25, -0.2) is 0 Å². The highest BCUT2D eigenvalue weighted by Crippen LogP contribution is 1.97. The van der Waals surface area contributed by atoms with Crippen molar-refractivity contribution in [3.05, 3.63) is 11.9 Å². The molecule has 1 heterocycles. The second kappa shape index (κ2) is 7.35. The van der Waals surface area contributed by atoms with Crippen molar-refractivity contribution >= 4 is 0 Å². The van der Waals surface area contributed by atoms with Crippen LogP contribution in [-0.4, -0.2) is 40.0 Å². The van der Waals surface area contributed by atoms with Crippen LogP contribution in [0.25, 0.3) is 0 Å². The second-order valence-electron chi connectivity index (χ2n) is 4.19. The van der Waals surface area contributed by atoms with Crippen molar-refractivity contribution < 1.29 is 0 Å². The van der Waals surface area contributed by atoms with E-state index < -0.39 is 0 Å². The SMILES string of the molecule is CCCCCN(C)CCn1cc(CN)nn1. The molecule has 0 aliphatic carbocycles. The van der Waals surface area contributed by atoms with Gasteiger partial charge in [0.25, 0.3) is 0 Å². The first-order valence-corrected chi connectivity index (χ1v) is 6.04. The Morgan fingerprint density at radius 2 is 2.19 bits per heavy atom. The Bertz CT molecular complexity index is 284. The second-order valence-corrected chi connectivity index (χ2v) is 4.19. The van der Waals surface area contributed by atoms with Gasteiger partial charge in [-0.3, -0.25) is 4.68 Å². The highest BCUT2D eigenvalue weighted by molar-refractivity contribution is 4.90. The lowest BCUT2D eigenvalue weighted by Crippen LogP contribution is -2.24. The van der Waals surface area contributed by atoms with Crippen LogP contribution < -0.4 is 5.73 Å². The first kappa shape index (κ1) is 13.1. The van der Waals surface area contributed by atoms with E-state index in [0.29, 0.717) is 6.54 Å². The molecule has 1 rings (SSSR count). The zero-order valence-electron chi connectivity index (χ0n) is 10.4. The van der Waals surface area contributed by atoms with Crippen LogP contribution in [0.15, 0.2) is 6.20 Å². The Balaban J connectivity index is 2.18. The molecule has 0 atom stereocenters.